The number of carbonyl (C=O) groups is 1. The van der Waals surface area contributed by atoms with E-state index >= 15 is 0 Å². The van der Waals surface area contributed by atoms with Crippen molar-refractivity contribution in [1.82, 2.24) is 5.32 Å². The van der Waals surface area contributed by atoms with Crippen molar-refractivity contribution in [2.24, 2.45) is 0 Å². The normalized spacial score (nSPS) is 11.8. The summed E-state index contributed by atoms with van der Waals surface area (Å²) < 4.78 is 18.8. The summed E-state index contributed by atoms with van der Waals surface area (Å²) in [6.07, 6.45) is 1.18. The second kappa shape index (κ2) is 10.7. The zero-order chi connectivity index (χ0) is 23.3. The molecule has 1 atom stereocenters. The van der Waals surface area contributed by atoms with Crippen molar-refractivity contribution < 1.29 is 19.0 Å². The van der Waals surface area contributed by atoms with Crippen molar-refractivity contribution in [3.05, 3.63) is 92.7 Å². The Morgan fingerprint density at radius 1 is 1.09 bits per heavy atom. The lowest BCUT2D eigenvalue weighted by molar-refractivity contribution is -0.122. The Hall–Kier alpha value is -2.76. The number of hydrogen-bond acceptors (Lipinski definition) is 3. The van der Waals surface area contributed by atoms with Crippen molar-refractivity contribution in [1.29, 1.82) is 0 Å². The molecule has 0 aromatic heterocycles. The number of benzene rings is 3. The van der Waals surface area contributed by atoms with E-state index in [1.54, 1.807) is 30.3 Å². The quantitative estimate of drug-likeness (QED) is 0.413. The fourth-order valence-electron chi connectivity index (χ4n) is 3.58. The molecule has 1 amide bonds. The maximum atomic E-state index is 13.3. The van der Waals surface area contributed by atoms with Gasteiger partial charge in [-0.3, -0.25) is 4.79 Å². The Morgan fingerprint density at radius 2 is 1.75 bits per heavy atom. The maximum Gasteiger partial charge on any atom is 0.257 e. The van der Waals surface area contributed by atoms with E-state index < -0.39 is 0 Å². The van der Waals surface area contributed by atoms with Gasteiger partial charge in [0.2, 0.25) is 0 Å². The number of nitrogens with one attached hydrogen (secondary N) is 1. The molecular formula is C25H24Cl2FNO3. The van der Waals surface area contributed by atoms with Gasteiger partial charge in [-0.2, -0.15) is 0 Å². The molecule has 4 nitrogen and oxygen atoms in total. The van der Waals surface area contributed by atoms with Crippen molar-refractivity contribution in [2.45, 2.75) is 25.7 Å². The molecule has 2 N–H and O–H groups in total. The fraction of sp³-hybridized carbons (Fsp3) is 0.240. The monoisotopic (exact) mass is 475 g/mol. The Labute approximate surface area is 196 Å². The molecule has 0 aliphatic carbocycles. The highest BCUT2D eigenvalue weighted by molar-refractivity contribution is 6.36. The number of carbonyl (C=O) groups excluding carboxylic acids is 1. The van der Waals surface area contributed by atoms with Crippen LogP contribution in [0.4, 0.5) is 4.39 Å². The molecule has 32 heavy (non-hydrogen) atoms. The van der Waals surface area contributed by atoms with Crippen LogP contribution in [0.1, 0.15) is 41.5 Å². The van der Waals surface area contributed by atoms with Gasteiger partial charge in [0.05, 0.1) is 0 Å². The molecule has 0 saturated heterocycles. The minimum Gasteiger partial charge on any atom is -0.508 e. The highest BCUT2D eigenvalue weighted by Crippen LogP contribution is 2.37. The molecule has 0 spiro atoms. The van der Waals surface area contributed by atoms with Crippen LogP contribution < -0.4 is 10.1 Å². The number of ether oxygens (including phenoxy) is 1. The summed E-state index contributed by atoms with van der Waals surface area (Å²) in [6.45, 7) is 1.89. The molecule has 3 aromatic rings. The van der Waals surface area contributed by atoms with Gasteiger partial charge in [-0.05, 0) is 53.4 Å². The van der Waals surface area contributed by atoms with Gasteiger partial charge < -0.3 is 15.2 Å². The number of likely N-dealkylation sites (N-methyl/N-ethyl adjacent to an activating group) is 1. The standard InChI is InChI=1S/C25H24Cl2FNO3/c1-3-19(16-5-7-17(28)8-6-16)20-10-15(4-9-24(20)30)11-21-22(26)12-18(13-23(21)27)32-14-25(31)29-2/h4-10,12-13,19,30H,3,11,14H2,1-2H3,(H,29,31). The Balaban J connectivity index is 1.87. The summed E-state index contributed by atoms with van der Waals surface area (Å²) in [4.78, 5) is 11.4. The summed E-state index contributed by atoms with van der Waals surface area (Å²) in [5.74, 6) is -0.0543. The lowest BCUT2D eigenvalue weighted by atomic mass is 9.87. The molecule has 0 radical (unpaired) electrons. The molecule has 0 bridgehead atoms. The minimum absolute atomic E-state index is 0.0815. The van der Waals surface area contributed by atoms with Gasteiger partial charge in [0, 0.05) is 35.0 Å². The van der Waals surface area contributed by atoms with Crippen LogP contribution in [0.25, 0.3) is 0 Å². The summed E-state index contributed by atoms with van der Waals surface area (Å²) >= 11 is 12.9. The first-order valence-corrected chi connectivity index (χ1v) is 11.0. The largest absolute Gasteiger partial charge is 0.508 e. The van der Waals surface area contributed by atoms with E-state index in [0.717, 1.165) is 23.1 Å². The third kappa shape index (κ3) is 5.72. The molecule has 0 aliphatic heterocycles. The zero-order valence-corrected chi connectivity index (χ0v) is 19.3. The SMILES string of the molecule is CCC(c1ccc(F)cc1)c1cc(Cc2c(Cl)cc(OCC(=O)NC)cc2Cl)ccc1O. The first-order valence-electron chi connectivity index (χ1n) is 10.2. The topological polar surface area (TPSA) is 58.6 Å². The number of rotatable bonds is 8. The average Bonchev–Trinajstić information content (AvgIpc) is 2.78. The van der Waals surface area contributed by atoms with Crippen molar-refractivity contribution >= 4 is 29.1 Å². The highest BCUT2D eigenvalue weighted by atomic mass is 35.5. The van der Waals surface area contributed by atoms with Crippen molar-refractivity contribution in [3.8, 4) is 11.5 Å². The summed E-state index contributed by atoms with van der Waals surface area (Å²) in [5.41, 5.74) is 3.32. The van der Waals surface area contributed by atoms with E-state index in [2.05, 4.69) is 5.32 Å². The van der Waals surface area contributed by atoms with Gasteiger partial charge in [-0.1, -0.05) is 54.4 Å². The Morgan fingerprint density at radius 3 is 2.34 bits per heavy atom. The highest BCUT2D eigenvalue weighted by Gasteiger charge is 2.18. The third-order valence-corrected chi connectivity index (χ3v) is 5.97. The van der Waals surface area contributed by atoms with Crippen LogP contribution in [0.15, 0.2) is 54.6 Å². The van der Waals surface area contributed by atoms with E-state index in [0.29, 0.717) is 27.8 Å². The first-order chi connectivity index (χ1) is 15.3. The lowest BCUT2D eigenvalue weighted by Gasteiger charge is -2.19. The zero-order valence-electron chi connectivity index (χ0n) is 17.8. The lowest BCUT2D eigenvalue weighted by Crippen LogP contribution is -2.24. The molecule has 0 heterocycles. The number of phenolic OH excluding ortho intramolecular Hbond substituents is 1. The van der Waals surface area contributed by atoms with Crippen molar-refractivity contribution in [3.63, 3.8) is 0 Å². The summed E-state index contributed by atoms with van der Waals surface area (Å²) in [6, 6.07) is 15.0. The maximum absolute atomic E-state index is 13.3. The molecular weight excluding hydrogens is 452 g/mol. The van der Waals surface area contributed by atoms with Crippen LogP contribution in [0, 0.1) is 5.82 Å². The Bertz CT molecular complexity index is 1080. The van der Waals surface area contributed by atoms with Crippen molar-refractivity contribution in [2.75, 3.05) is 13.7 Å². The van der Waals surface area contributed by atoms with Gasteiger partial charge in [-0.15, -0.1) is 0 Å². The number of aromatic hydroxyl groups is 1. The molecule has 1 unspecified atom stereocenters. The van der Waals surface area contributed by atoms with Crippen LogP contribution in [-0.4, -0.2) is 24.7 Å². The molecule has 0 fully saturated rings. The van der Waals surface area contributed by atoms with Gasteiger partial charge in [0.25, 0.3) is 5.91 Å². The van der Waals surface area contributed by atoms with Gasteiger partial charge in [0.1, 0.15) is 17.3 Å². The smallest absolute Gasteiger partial charge is 0.257 e. The fourth-order valence-corrected chi connectivity index (χ4v) is 4.18. The van der Waals surface area contributed by atoms with Crippen LogP contribution in [0.3, 0.4) is 0 Å². The second-order valence-electron chi connectivity index (χ2n) is 7.41. The van der Waals surface area contributed by atoms with E-state index in [9.17, 15) is 14.3 Å². The van der Waals surface area contributed by atoms with E-state index in [1.807, 2.05) is 19.1 Å². The predicted molar refractivity (Wildman–Crippen MR) is 125 cm³/mol. The summed E-state index contributed by atoms with van der Waals surface area (Å²) in [7, 11) is 1.53. The second-order valence-corrected chi connectivity index (χ2v) is 8.22. The van der Waals surface area contributed by atoms with Gasteiger partial charge >= 0.3 is 0 Å². The minimum atomic E-state index is -0.298. The van der Waals surface area contributed by atoms with E-state index in [4.69, 9.17) is 27.9 Å². The molecule has 3 aromatic carbocycles. The number of hydrogen-bond donors (Lipinski definition) is 2. The summed E-state index contributed by atoms with van der Waals surface area (Å²) in [5, 5.41) is 13.8. The van der Waals surface area contributed by atoms with Crippen LogP contribution in [0.2, 0.25) is 10.0 Å². The first kappa shape index (κ1) is 23.9. The molecule has 7 heteroatoms. The number of amides is 1. The van der Waals surface area contributed by atoms with E-state index in [1.165, 1.54) is 19.2 Å². The van der Waals surface area contributed by atoms with E-state index in [-0.39, 0.29) is 30.0 Å². The molecule has 3 rings (SSSR count). The molecule has 168 valence electrons. The molecule has 0 aliphatic rings. The number of phenols is 1. The average molecular weight is 476 g/mol. The predicted octanol–water partition coefficient (Wildman–Crippen LogP) is 6.10. The molecule has 0 saturated carbocycles. The van der Waals surface area contributed by atoms with Gasteiger partial charge in [-0.25, -0.2) is 4.39 Å². The van der Waals surface area contributed by atoms with Crippen LogP contribution >= 0.6 is 23.2 Å². The number of halogens is 3. The third-order valence-electron chi connectivity index (χ3n) is 5.29. The van der Waals surface area contributed by atoms with Crippen LogP contribution in [0.5, 0.6) is 11.5 Å². The van der Waals surface area contributed by atoms with Crippen LogP contribution in [-0.2, 0) is 11.2 Å². The Kier molecular flexibility index (Phi) is 7.99. The van der Waals surface area contributed by atoms with Gasteiger partial charge in [0.15, 0.2) is 6.61 Å².